The van der Waals surface area contributed by atoms with Crippen molar-refractivity contribution < 1.29 is 0 Å². The number of para-hydroxylation sites is 3. The van der Waals surface area contributed by atoms with Crippen molar-refractivity contribution in [3.8, 4) is 72.7 Å². The molecule has 0 spiro atoms. The van der Waals surface area contributed by atoms with Gasteiger partial charge in [-0.25, -0.2) is 0 Å². The molecule has 432 valence electrons. The number of hydrogen-bond donors (Lipinski definition) is 0. The highest BCUT2D eigenvalue weighted by atomic mass is 15.0. The molecular weight excluding hydrogens is 1110 g/mol. The highest BCUT2D eigenvalue weighted by Crippen LogP contribution is 2.54. The van der Waals surface area contributed by atoms with Crippen molar-refractivity contribution in [2.75, 3.05) is 0 Å². The maximum Gasteiger partial charge on any atom is 0.0588 e. The molecule has 0 amide bonds. The fourth-order valence-electron chi connectivity index (χ4n) is 16.0. The van der Waals surface area contributed by atoms with Gasteiger partial charge in [-0.2, -0.15) is 0 Å². The van der Waals surface area contributed by atoms with E-state index in [1.807, 2.05) is 0 Å². The van der Waals surface area contributed by atoms with Crippen LogP contribution in [-0.2, 0) is 5.41 Å². The molecule has 2 aliphatic rings. The first-order chi connectivity index (χ1) is 45.3. The Balaban J connectivity index is 0.826. The summed E-state index contributed by atoms with van der Waals surface area (Å²) in [6, 6.07) is 107. The minimum atomic E-state index is -0.186. The lowest BCUT2D eigenvalue weighted by molar-refractivity contribution is 0.664. The van der Waals surface area contributed by atoms with Crippen molar-refractivity contribution in [1.29, 1.82) is 0 Å². The van der Waals surface area contributed by atoms with Crippen LogP contribution in [-0.4, -0.2) is 18.3 Å². The zero-order chi connectivity index (χ0) is 60.9. The first-order valence-electron chi connectivity index (χ1n) is 32.1. The molecule has 4 nitrogen and oxygen atoms in total. The molecule has 0 fully saturated rings. The average molecular weight is 1170 g/mol. The van der Waals surface area contributed by atoms with Crippen LogP contribution >= 0.6 is 0 Å². The summed E-state index contributed by atoms with van der Waals surface area (Å²) in [5.74, 6) is 0.251. The Labute approximate surface area is 533 Å². The average Bonchev–Trinajstić information content (AvgIpc) is 1.55. The van der Waals surface area contributed by atoms with Gasteiger partial charge in [0.15, 0.2) is 0 Å². The van der Waals surface area contributed by atoms with Crippen molar-refractivity contribution in [3.63, 3.8) is 0 Å². The minimum Gasteiger partial charge on any atom is -0.309 e. The van der Waals surface area contributed by atoms with Gasteiger partial charge in [-0.05, 0) is 182 Å². The largest absolute Gasteiger partial charge is 0.309 e. The molecule has 19 rings (SSSR count). The summed E-state index contributed by atoms with van der Waals surface area (Å²) in [6.07, 6.45) is 6.65. The van der Waals surface area contributed by atoms with E-state index in [1.54, 1.807) is 0 Å². The summed E-state index contributed by atoms with van der Waals surface area (Å²) in [5.41, 5.74) is 32.2. The van der Waals surface area contributed by atoms with E-state index in [2.05, 4.69) is 348 Å². The first kappa shape index (κ1) is 52.3. The van der Waals surface area contributed by atoms with Crippen LogP contribution in [0, 0.1) is 5.92 Å². The predicted octanol–water partition coefficient (Wildman–Crippen LogP) is 23.3. The third kappa shape index (κ3) is 7.78. The third-order valence-corrected chi connectivity index (χ3v) is 20.1. The van der Waals surface area contributed by atoms with Gasteiger partial charge < -0.3 is 18.3 Å². The SMILES string of the molecule is CC1C=C=CC(n2c3ccc(-c4ccc5c(c4)c4cc6c(cc4n5-c4cc(-c5ccccc5)cc(-c5ccccc5)c4)c4ccccc4n6-c4ccccc4)cc3c3cc(-c4ccc5c(c4)c4ccc6c(c4n5-c4ccccc4)C(C)(C)c4ccccc4-6)ccc32)=C1. The predicted molar refractivity (Wildman–Crippen MR) is 388 cm³/mol. The smallest absolute Gasteiger partial charge is 0.0588 e. The molecular formula is C88H60N4. The Hall–Kier alpha value is -11.7. The van der Waals surface area contributed by atoms with Gasteiger partial charge in [-0.1, -0.05) is 203 Å². The normalized spacial score (nSPS) is 14.2. The van der Waals surface area contributed by atoms with Gasteiger partial charge in [0.25, 0.3) is 0 Å². The van der Waals surface area contributed by atoms with Gasteiger partial charge in [0, 0.05) is 77.6 Å². The maximum atomic E-state index is 3.50. The number of aromatic nitrogens is 4. The Morgan fingerprint density at radius 3 is 1.33 bits per heavy atom. The lowest BCUT2D eigenvalue weighted by Crippen LogP contribution is -2.16. The van der Waals surface area contributed by atoms with Gasteiger partial charge in [0.2, 0.25) is 0 Å². The molecule has 0 N–H and O–H groups in total. The standard InChI is InChI=1S/C88H60N4/c1-55-21-20-30-66(45-55)90-80-41-35-59(58-38-44-83-72(49-58)71-40-39-70-68-31-16-18-33-78(68)88(2,3)86(70)87(71)92(83)65-28-14-7-15-29-65)50-73(80)74-51-60(36-42-81(74)90)61-37-43-82-75(52-61)77-54-84-76(69-32-17-19-34-79(69)89(84)64-26-12-6-13-27-64)53-85(77)91(82)67-47-62(56-22-8-4-9-23-56)46-63(48-67)57-24-10-5-11-25-57/h4-19,21-55H,1-3H3. The summed E-state index contributed by atoms with van der Waals surface area (Å²) in [7, 11) is 0. The first-order valence-corrected chi connectivity index (χ1v) is 32.1. The topological polar surface area (TPSA) is 19.7 Å². The van der Waals surface area contributed by atoms with E-state index in [0.717, 1.165) is 39.2 Å². The van der Waals surface area contributed by atoms with E-state index in [9.17, 15) is 0 Å². The van der Waals surface area contributed by atoms with Crippen LogP contribution in [0.5, 0.6) is 0 Å². The van der Waals surface area contributed by atoms with E-state index in [1.165, 1.54) is 138 Å². The second-order valence-corrected chi connectivity index (χ2v) is 25.8. The van der Waals surface area contributed by atoms with Crippen LogP contribution in [0.25, 0.3) is 166 Å². The summed E-state index contributed by atoms with van der Waals surface area (Å²) >= 11 is 0. The highest BCUT2D eigenvalue weighted by Gasteiger charge is 2.38. The van der Waals surface area contributed by atoms with Gasteiger partial charge in [0.05, 0.1) is 49.8 Å². The van der Waals surface area contributed by atoms with E-state index >= 15 is 0 Å². The molecule has 0 radical (unpaired) electrons. The van der Waals surface area contributed by atoms with E-state index < -0.39 is 0 Å². The zero-order valence-corrected chi connectivity index (χ0v) is 51.2. The van der Waals surface area contributed by atoms with Crippen molar-refractivity contribution in [1.82, 2.24) is 18.3 Å². The molecule has 2 aliphatic carbocycles. The number of nitrogens with zero attached hydrogens (tertiary/aromatic N) is 4. The number of benzene rings is 13. The van der Waals surface area contributed by atoms with Crippen molar-refractivity contribution in [2.45, 2.75) is 26.2 Å². The monoisotopic (exact) mass is 1170 g/mol. The Bertz CT molecular complexity index is 6000. The molecule has 13 aromatic carbocycles. The van der Waals surface area contributed by atoms with Crippen LogP contribution < -0.4 is 0 Å². The number of hydrogen-bond acceptors (Lipinski definition) is 0. The van der Waals surface area contributed by atoms with Gasteiger partial charge >= 0.3 is 0 Å². The second kappa shape index (κ2) is 19.9. The van der Waals surface area contributed by atoms with Gasteiger partial charge in [0.1, 0.15) is 0 Å². The molecule has 0 saturated carbocycles. The lowest BCUT2D eigenvalue weighted by atomic mass is 9.81. The number of rotatable bonds is 8. The number of allylic oxidation sites excluding steroid dienone is 3. The molecule has 0 bridgehead atoms. The molecule has 17 aromatic rings. The summed E-state index contributed by atoms with van der Waals surface area (Å²) in [4.78, 5) is 0. The second-order valence-electron chi connectivity index (χ2n) is 25.8. The van der Waals surface area contributed by atoms with Crippen LogP contribution in [0.1, 0.15) is 31.9 Å². The Morgan fingerprint density at radius 1 is 0.304 bits per heavy atom. The minimum absolute atomic E-state index is 0.186. The van der Waals surface area contributed by atoms with Crippen molar-refractivity contribution >= 4 is 92.9 Å². The zero-order valence-electron chi connectivity index (χ0n) is 51.2. The fraction of sp³-hybridized carbons (Fsp3) is 0.0568. The molecule has 1 atom stereocenters. The molecule has 4 heterocycles. The Morgan fingerprint density at radius 2 is 0.750 bits per heavy atom. The Kier molecular flexibility index (Phi) is 11.3. The van der Waals surface area contributed by atoms with E-state index in [-0.39, 0.29) is 11.3 Å². The molecule has 4 aromatic heterocycles. The lowest BCUT2D eigenvalue weighted by Gasteiger charge is -2.23. The molecule has 0 aliphatic heterocycles. The van der Waals surface area contributed by atoms with Gasteiger partial charge in [-0.3, -0.25) is 0 Å². The molecule has 92 heavy (non-hydrogen) atoms. The van der Waals surface area contributed by atoms with Crippen LogP contribution in [0.3, 0.4) is 0 Å². The van der Waals surface area contributed by atoms with Crippen molar-refractivity contribution in [3.05, 3.63) is 320 Å². The molecule has 0 saturated heterocycles. The van der Waals surface area contributed by atoms with Crippen molar-refractivity contribution in [2.24, 2.45) is 5.92 Å². The molecule has 1 unspecified atom stereocenters. The summed E-state index contributed by atoms with van der Waals surface area (Å²) in [6.45, 7) is 7.04. The van der Waals surface area contributed by atoms with Crippen LogP contribution in [0.4, 0.5) is 0 Å². The molecule has 4 heteroatoms. The van der Waals surface area contributed by atoms with Crippen LogP contribution in [0.2, 0.25) is 0 Å². The fourth-order valence-corrected chi connectivity index (χ4v) is 16.0. The summed E-state index contributed by atoms with van der Waals surface area (Å²) < 4.78 is 9.93. The number of fused-ring (bicyclic) bond motifs is 16. The third-order valence-electron chi connectivity index (χ3n) is 20.1. The van der Waals surface area contributed by atoms with E-state index in [0.29, 0.717) is 0 Å². The van der Waals surface area contributed by atoms with E-state index in [4.69, 9.17) is 0 Å². The van der Waals surface area contributed by atoms with Crippen LogP contribution in [0.15, 0.2) is 309 Å². The summed E-state index contributed by atoms with van der Waals surface area (Å²) in [5, 5.41) is 9.77. The maximum absolute atomic E-state index is 3.50. The van der Waals surface area contributed by atoms with Gasteiger partial charge in [-0.15, -0.1) is 5.73 Å². The highest BCUT2D eigenvalue weighted by molar-refractivity contribution is 6.21. The quantitative estimate of drug-likeness (QED) is 0.135.